The SMILES string of the molecule is Cc1csc2ccccc12.c1ccc2nccnc2c1. The maximum atomic E-state index is 4.12. The summed E-state index contributed by atoms with van der Waals surface area (Å²) in [6, 6.07) is 16.3. The molecule has 2 aromatic heterocycles. The van der Waals surface area contributed by atoms with Crippen LogP contribution in [0.4, 0.5) is 0 Å². The lowest BCUT2D eigenvalue weighted by Gasteiger charge is -1.90. The zero-order chi connectivity index (χ0) is 13.8. The second-order valence-electron chi connectivity index (χ2n) is 4.46. The van der Waals surface area contributed by atoms with E-state index in [1.54, 1.807) is 12.4 Å². The summed E-state index contributed by atoms with van der Waals surface area (Å²) in [6.07, 6.45) is 3.39. The lowest BCUT2D eigenvalue weighted by atomic mass is 10.2. The van der Waals surface area contributed by atoms with E-state index in [1.807, 2.05) is 35.6 Å². The summed E-state index contributed by atoms with van der Waals surface area (Å²) in [7, 11) is 0. The first-order valence-corrected chi connectivity index (χ1v) is 7.31. The van der Waals surface area contributed by atoms with Crippen molar-refractivity contribution in [2.24, 2.45) is 0 Å². The van der Waals surface area contributed by atoms with E-state index in [0.29, 0.717) is 0 Å². The summed E-state index contributed by atoms with van der Waals surface area (Å²) in [5, 5.41) is 3.59. The van der Waals surface area contributed by atoms with Crippen molar-refractivity contribution in [2.45, 2.75) is 6.92 Å². The van der Waals surface area contributed by atoms with E-state index in [9.17, 15) is 0 Å². The summed E-state index contributed by atoms with van der Waals surface area (Å²) < 4.78 is 1.39. The molecular weight excluding hydrogens is 264 g/mol. The van der Waals surface area contributed by atoms with E-state index < -0.39 is 0 Å². The monoisotopic (exact) mass is 278 g/mol. The molecule has 2 aromatic carbocycles. The molecule has 0 fully saturated rings. The Labute approximate surface area is 121 Å². The maximum Gasteiger partial charge on any atom is 0.0886 e. The fraction of sp³-hybridized carbons (Fsp3) is 0.0588. The highest BCUT2D eigenvalue weighted by Crippen LogP contribution is 2.24. The summed E-state index contributed by atoms with van der Waals surface area (Å²) >= 11 is 1.81. The third-order valence-corrected chi connectivity index (χ3v) is 4.13. The van der Waals surface area contributed by atoms with Crippen molar-refractivity contribution in [1.82, 2.24) is 9.97 Å². The number of hydrogen-bond acceptors (Lipinski definition) is 3. The minimum absolute atomic E-state index is 0.949. The van der Waals surface area contributed by atoms with Gasteiger partial charge in [0.25, 0.3) is 0 Å². The van der Waals surface area contributed by atoms with Gasteiger partial charge in [0.05, 0.1) is 11.0 Å². The van der Waals surface area contributed by atoms with E-state index in [-0.39, 0.29) is 0 Å². The number of rotatable bonds is 0. The minimum Gasteiger partial charge on any atom is -0.253 e. The van der Waals surface area contributed by atoms with Gasteiger partial charge in [-0.1, -0.05) is 30.3 Å². The molecule has 4 rings (SSSR count). The van der Waals surface area contributed by atoms with Crippen molar-refractivity contribution in [3.63, 3.8) is 0 Å². The van der Waals surface area contributed by atoms with Crippen LogP contribution in [-0.4, -0.2) is 9.97 Å². The van der Waals surface area contributed by atoms with Crippen LogP contribution in [0, 0.1) is 6.92 Å². The first-order valence-electron chi connectivity index (χ1n) is 6.43. The van der Waals surface area contributed by atoms with Crippen LogP contribution < -0.4 is 0 Å². The lowest BCUT2D eigenvalue weighted by Crippen LogP contribution is -1.78. The fourth-order valence-corrected chi connectivity index (χ4v) is 2.96. The van der Waals surface area contributed by atoms with Crippen LogP contribution in [0.1, 0.15) is 5.56 Å². The molecule has 3 heteroatoms. The van der Waals surface area contributed by atoms with Crippen LogP contribution >= 0.6 is 11.3 Å². The Kier molecular flexibility index (Phi) is 3.70. The normalized spacial score (nSPS) is 10.2. The van der Waals surface area contributed by atoms with Crippen molar-refractivity contribution in [3.05, 3.63) is 71.9 Å². The average Bonchev–Trinajstić information content (AvgIpc) is 2.90. The summed E-state index contributed by atoms with van der Waals surface area (Å²) in [5.41, 5.74) is 3.29. The van der Waals surface area contributed by atoms with E-state index >= 15 is 0 Å². The van der Waals surface area contributed by atoms with Crippen LogP contribution in [0.5, 0.6) is 0 Å². The molecule has 20 heavy (non-hydrogen) atoms. The van der Waals surface area contributed by atoms with Gasteiger partial charge in [-0.3, -0.25) is 9.97 Å². The Morgan fingerprint density at radius 2 is 1.40 bits per heavy atom. The number of hydrogen-bond donors (Lipinski definition) is 0. The zero-order valence-corrected chi connectivity index (χ0v) is 12.0. The molecule has 0 aliphatic rings. The third-order valence-electron chi connectivity index (χ3n) is 3.05. The third kappa shape index (κ3) is 2.68. The Bertz CT molecular complexity index is 771. The van der Waals surface area contributed by atoms with Gasteiger partial charge in [-0.2, -0.15) is 0 Å². The smallest absolute Gasteiger partial charge is 0.0886 e. The lowest BCUT2D eigenvalue weighted by molar-refractivity contribution is 1.29. The first kappa shape index (κ1) is 12.8. The molecule has 0 aliphatic heterocycles. The molecule has 0 saturated heterocycles. The summed E-state index contributed by atoms with van der Waals surface area (Å²) in [6.45, 7) is 2.15. The van der Waals surface area contributed by atoms with Gasteiger partial charge in [-0.15, -0.1) is 11.3 Å². The van der Waals surface area contributed by atoms with Gasteiger partial charge in [-0.25, -0.2) is 0 Å². The highest BCUT2D eigenvalue weighted by atomic mass is 32.1. The molecule has 0 radical (unpaired) electrons. The fourth-order valence-electron chi connectivity index (χ4n) is 2.02. The highest BCUT2D eigenvalue weighted by molar-refractivity contribution is 7.17. The predicted molar refractivity (Wildman–Crippen MR) is 86.1 cm³/mol. The topological polar surface area (TPSA) is 25.8 Å². The van der Waals surface area contributed by atoms with Gasteiger partial charge in [0, 0.05) is 17.1 Å². The summed E-state index contributed by atoms with van der Waals surface area (Å²) in [5.74, 6) is 0. The molecular formula is C17H14N2S. The number of para-hydroxylation sites is 2. The van der Waals surface area contributed by atoms with Crippen molar-refractivity contribution in [2.75, 3.05) is 0 Å². The number of thiophene rings is 1. The molecule has 4 aromatic rings. The standard InChI is InChI=1S/C9H8S.C8H6N2/c1-7-6-10-9-5-3-2-4-8(7)9;1-2-4-8-7(3-1)9-5-6-10-8/h2-6H,1H3;1-6H. The van der Waals surface area contributed by atoms with Gasteiger partial charge in [-0.05, 0) is 41.5 Å². The van der Waals surface area contributed by atoms with Crippen molar-refractivity contribution in [3.8, 4) is 0 Å². The maximum absolute atomic E-state index is 4.12. The minimum atomic E-state index is 0.949. The Morgan fingerprint density at radius 1 is 0.800 bits per heavy atom. The van der Waals surface area contributed by atoms with Gasteiger partial charge in [0.1, 0.15) is 0 Å². The average molecular weight is 278 g/mol. The Hall–Kier alpha value is -2.26. The molecule has 2 nitrogen and oxygen atoms in total. The number of fused-ring (bicyclic) bond motifs is 2. The second kappa shape index (κ2) is 5.80. The van der Waals surface area contributed by atoms with E-state index in [0.717, 1.165) is 11.0 Å². The largest absolute Gasteiger partial charge is 0.253 e. The molecule has 0 bridgehead atoms. The molecule has 0 atom stereocenters. The van der Waals surface area contributed by atoms with E-state index in [1.165, 1.54) is 15.6 Å². The van der Waals surface area contributed by atoms with Crippen molar-refractivity contribution < 1.29 is 0 Å². The quantitative estimate of drug-likeness (QED) is 0.460. The Balaban J connectivity index is 0.000000121. The Morgan fingerprint density at radius 3 is 2.05 bits per heavy atom. The molecule has 98 valence electrons. The van der Waals surface area contributed by atoms with Crippen molar-refractivity contribution >= 4 is 32.5 Å². The molecule has 0 amide bonds. The van der Waals surface area contributed by atoms with Crippen LogP contribution in [0.15, 0.2) is 66.3 Å². The molecule has 0 unspecified atom stereocenters. The van der Waals surface area contributed by atoms with Gasteiger partial charge >= 0.3 is 0 Å². The van der Waals surface area contributed by atoms with E-state index in [4.69, 9.17) is 0 Å². The molecule has 0 aliphatic carbocycles. The van der Waals surface area contributed by atoms with Crippen molar-refractivity contribution in [1.29, 1.82) is 0 Å². The summed E-state index contributed by atoms with van der Waals surface area (Å²) in [4.78, 5) is 8.24. The van der Waals surface area contributed by atoms with Gasteiger partial charge in [0.2, 0.25) is 0 Å². The number of benzene rings is 2. The van der Waals surface area contributed by atoms with Crippen LogP contribution in [-0.2, 0) is 0 Å². The predicted octanol–water partition coefficient (Wildman–Crippen LogP) is 4.84. The molecule has 0 saturated carbocycles. The number of aryl methyl sites for hydroxylation is 1. The molecule has 0 spiro atoms. The van der Waals surface area contributed by atoms with Gasteiger partial charge < -0.3 is 0 Å². The zero-order valence-electron chi connectivity index (χ0n) is 11.2. The van der Waals surface area contributed by atoms with Crippen LogP contribution in [0.2, 0.25) is 0 Å². The van der Waals surface area contributed by atoms with Gasteiger partial charge in [0.15, 0.2) is 0 Å². The molecule has 0 N–H and O–H groups in total. The van der Waals surface area contributed by atoms with Crippen LogP contribution in [0.25, 0.3) is 21.1 Å². The number of nitrogens with zero attached hydrogens (tertiary/aromatic N) is 2. The van der Waals surface area contributed by atoms with Crippen LogP contribution in [0.3, 0.4) is 0 Å². The highest BCUT2D eigenvalue weighted by Gasteiger charge is 1.95. The first-order chi connectivity index (χ1) is 9.84. The number of aromatic nitrogens is 2. The van der Waals surface area contributed by atoms with E-state index in [2.05, 4.69) is 46.5 Å². The molecule has 2 heterocycles. The second-order valence-corrected chi connectivity index (χ2v) is 5.37.